The Morgan fingerprint density at radius 2 is 1.50 bits per heavy atom. The summed E-state index contributed by atoms with van der Waals surface area (Å²) in [4.78, 5) is -1.19. The second-order valence-corrected chi connectivity index (χ2v) is 3.05. The SMILES string of the molecule is COc1c(F)c(F)c(SOO[O-])c(F)c1F. The molecule has 4 nitrogen and oxygen atoms in total. The maximum Gasteiger partial charge on any atom is 0.205 e. The molecule has 0 radical (unpaired) electrons. The van der Waals surface area contributed by atoms with Crippen molar-refractivity contribution in [3.8, 4) is 5.75 Å². The molecule has 0 aliphatic rings. The van der Waals surface area contributed by atoms with Crippen molar-refractivity contribution < 1.29 is 36.9 Å². The van der Waals surface area contributed by atoms with Crippen molar-refractivity contribution in [3.05, 3.63) is 23.3 Å². The van der Waals surface area contributed by atoms with Gasteiger partial charge in [0.15, 0.2) is 17.4 Å². The first-order chi connectivity index (χ1) is 7.54. The van der Waals surface area contributed by atoms with Gasteiger partial charge in [-0.15, -0.1) is 0 Å². The van der Waals surface area contributed by atoms with Gasteiger partial charge in [-0.25, -0.2) is 8.78 Å². The van der Waals surface area contributed by atoms with Crippen LogP contribution in [-0.4, -0.2) is 7.11 Å². The molecule has 0 saturated carbocycles. The van der Waals surface area contributed by atoms with Crippen LogP contribution in [0.3, 0.4) is 0 Å². The molecule has 0 aliphatic carbocycles. The molecule has 1 aromatic rings. The van der Waals surface area contributed by atoms with Crippen LogP contribution in [0.1, 0.15) is 0 Å². The topological polar surface area (TPSA) is 50.8 Å². The maximum atomic E-state index is 13.1. The summed E-state index contributed by atoms with van der Waals surface area (Å²) in [5.74, 6) is -8.19. The lowest BCUT2D eigenvalue weighted by atomic mass is 10.3. The van der Waals surface area contributed by atoms with Crippen LogP contribution in [0.15, 0.2) is 4.90 Å². The van der Waals surface area contributed by atoms with Gasteiger partial charge in [-0.2, -0.15) is 13.1 Å². The van der Waals surface area contributed by atoms with E-state index in [4.69, 9.17) is 0 Å². The lowest BCUT2D eigenvalue weighted by Crippen LogP contribution is -2.05. The third-order valence-electron chi connectivity index (χ3n) is 1.53. The number of ether oxygens (including phenoxy) is 1. The van der Waals surface area contributed by atoms with Gasteiger partial charge in [-0.05, 0) is 0 Å². The fourth-order valence-electron chi connectivity index (χ4n) is 0.892. The van der Waals surface area contributed by atoms with E-state index >= 15 is 0 Å². The van der Waals surface area contributed by atoms with Crippen molar-refractivity contribution in [2.75, 3.05) is 7.11 Å². The highest BCUT2D eigenvalue weighted by atomic mass is 32.2. The average Bonchev–Trinajstić information content (AvgIpc) is 2.27. The molecule has 1 rings (SSSR count). The van der Waals surface area contributed by atoms with Crippen molar-refractivity contribution in [3.63, 3.8) is 0 Å². The summed E-state index contributed by atoms with van der Waals surface area (Å²) in [6.45, 7) is 0. The van der Waals surface area contributed by atoms with E-state index in [0.29, 0.717) is 0 Å². The highest BCUT2D eigenvalue weighted by Gasteiger charge is 2.27. The van der Waals surface area contributed by atoms with Crippen LogP contribution < -0.4 is 9.99 Å². The highest BCUT2D eigenvalue weighted by molar-refractivity contribution is 7.94. The lowest BCUT2D eigenvalue weighted by molar-refractivity contribution is -0.777. The summed E-state index contributed by atoms with van der Waals surface area (Å²) in [5.41, 5.74) is 0. The van der Waals surface area contributed by atoms with E-state index in [1.54, 1.807) is 0 Å². The number of hydrogen-bond donors (Lipinski definition) is 0. The van der Waals surface area contributed by atoms with Crippen LogP contribution in [0.25, 0.3) is 0 Å². The van der Waals surface area contributed by atoms with Crippen molar-refractivity contribution in [1.29, 1.82) is 0 Å². The van der Waals surface area contributed by atoms with Gasteiger partial charge in [-0.3, -0.25) is 5.04 Å². The summed E-state index contributed by atoms with van der Waals surface area (Å²) >= 11 is -0.299. The molecule has 0 spiro atoms. The molecule has 0 saturated heterocycles. The zero-order chi connectivity index (χ0) is 12.3. The Morgan fingerprint density at radius 3 is 1.88 bits per heavy atom. The van der Waals surface area contributed by atoms with Crippen LogP contribution in [-0.2, 0) is 9.37 Å². The molecule has 0 heterocycles. The van der Waals surface area contributed by atoms with Crippen LogP contribution in [0, 0.1) is 23.3 Å². The summed E-state index contributed by atoms with van der Waals surface area (Å²) in [6, 6.07) is 0. The summed E-state index contributed by atoms with van der Waals surface area (Å²) in [5, 5.41) is 12.2. The Labute approximate surface area is 90.8 Å². The van der Waals surface area contributed by atoms with E-state index < -0.39 is 33.9 Å². The minimum absolute atomic E-state index is 0.299. The molecular formula is C7H3F4O4S-. The van der Waals surface area contributed by atoms with Crippen LogP contribution >= 0.6 is 12.0 Å². The average molecular weight is 259 g/mol. The van der Waals surface area contributed by atoms with Gasteiger partial charge < -0.3 is 9.99 Å². The Kier molecular flexibility index (Phi) is 4.35. The predicted octanol–water partition coefficient (Wildman–Crippen LogP) is 1.48. The second kappa shape index (κ2) is 5.34. The van der Waals surface area contributed by atoms with E-state index in [-0.39, 0.29) is 12.0 Å². The van der Waals surface area contributed by atoms with E-state index in [2.05, 4.69) is 14.1 Å². The van der Waals surface area contributed by atoms with Crippen LogP contribution in [0.4, 0.5) is 17.6 Å². The van der Waals surface area contributed by atoms with Crippen LogP contribution in [0.2, 0.25) is 0 Å². The summed E-state index contributed by atoms with van der Waals surface area (Å²) in [7, 11) is 0.838. The van der Waals surface area contributed by atoms with E-state index in [0.717, 1.165) is 7.11 Å². The minimum atomic E-state index is -1.75. The third-order valence-corrected chi connectivity index (χ3v) is 2.18. The van der Waals surface area contributed by atoms with E-state index in [1.807, 2.05) is 0 Å². The lowest BCUT2D eigenvalue weighted by Gasteiger charge is -2.10. The Hall–Kier alpha value is -1.03. The molecule has 0 fully saturated rings. The molecule has 0 N–H and O–H groups in total. The molecule has 1 aromatic carbocycles. The molecule has 0 aromatic heterocycles. The quantitative estimate of drug-likeness (QED) is 0.269. The van der Waals surface area contributed by atoms with Gasteiger partial charge in [-0.1, -0.05) is 0 Å². The zero-order valence-electron chi connectivity index (χ0n) is 7.55. The molecule has 9 heteroatoms. The summed E-state index contributed by atoms with van der Waals surface area (Å²) < 4.78 is 60.0. The van der Waals surface area contributed by atoms with Crippen molar-refractivity contribution >= 4 is 12.0 Å². The standard InChI is InChI=1S/C7H4F4O4S/c1-13-6-2(8)4(10)7(16-15-14-12)5(11)3(6)9/h12H,1H3/p-1. The van der Waals surface area contributed by atoms with E-state index in [1.165, 1.54) is 0 Å². The first-order valence-electron chi connectivity index (χ1n) is 3.57. The number of methoxy groups -OCH3 is 1. The third kappa shape index (κ3) is 2.21. The Morgan fingerprint density at radius 1 is 1.00 bits per heavy atom. The van der Waals surface area contributed by atoms with Crippen LogP contribution in [0.5, 0.6) is 5.75 Å². The molecular weight excluding hydrogens is 256 g/mol. The smallest absolute Gasteiger partial charge is 0.205 e. The molecule has 0 bridgehead atoms. The molecule has 0 unspecified atom stereocenters. The monoisotopic (exact) mass is 259 g/mol. The highest BCUT2D eigenvalue weighted by Crippen LogP contribution is 2.35. The predicted molar refractivity (Wildman–Crippen MR) is 40.9 cm³/mol. The molecule has 0 atom stereocenters. The number of benzene rings is 1. The first-order valence-corrected chi connectivity index (χ1v) is 4.31. The molecule has 0 aliphatic heterocycles. The number of halogens is 4. The molecule has 90 valence electrons. The second-order valence-electron chi connectivity index (χ2n) is 2.34. The van der Waals surface area contributed by atoms with Gasteiger partial charge in [0.25, 0.3) is 0 Å². The minimum Gasteiger partial charge on any atom is -0.691 e. The fraction of sp³-hybridized carbons (Fsp3) is 0.143. The fourth-order valence-corrected chi connectivity index (χ4v) is 1.31. The van der Waals surface area contributed by atoms with Gasteiger partial charge >= 0.3 is 0 Å². The van der Waals surface area contributed by atoms with Gasteiger partial charge in [0.2, 0.25) is 11.6 Å². The van der Waals surface area contributed by atoms with Crippen molar-refractivity contribution in [2.45, 2.75) is 4.90 Å². The molecule has 16 heavy (non-hydrogen) atoms. The van der Waals surface area contributed by atoms with Crippen molar-refractivity contribution in [2.24, 2.45) is 0 Å². The largest absolute Gasteiger partial charge is 0.691 e. The number of hydrogen-bond acceptors (Lipinski definition) is 5. The first kappa shape index (κ1) is 13.0. The van der Waals surface area contributed by atoms with Gasteiger partial charge in [0.05, 0.1) is 19.2 Å². The Balaban J connectivity index is 3.29. The van der Waals surface area contributed by atoms with Crippen molar-refractivity contribution in [1.82, 2.24) is 0 Å². The van der Waals surface area contributed by atoms with Gasteiger partial charge in [0.1, 0.15) is 4.90 Å². The molecule has 0 amide bonds. The summed E-state index contributed by atoms with van der Waals surface area (Å²) in [6.07, 6.45) is 0. The number of rotatable bonds is 4. The van der Waals surface area contributed by atoms with Gasteiger partial charge in [0, 0.05) is 0 Å². The Bertz CT molecular complexity index is 371. The zero-order valence-corrected chi connectivity index (χ0v) is 8.37. The normalized spacial score (nSPS) is 10.6. The maximum absolute atomic E-state index is 13.1. The van der Waals surface area contributed by atoms with E-state index in [9.17, 15) is 22.8 Å².